The zero-order chi connectivity index (χ0) is 13.5. The average Bonchev–Trinajstić information content (AvgIpc) is 2.20. The van der Waals surface area contributed by atoms with Gasteiger partial charge in [0.2, 0.25) is 0 Å². The second-order valence-corrected chi connectivity index (χ2v) is 6.65. The molecule has 1 aliphatic rings. The average molecular weight is 243 g/mol. The van der Waals surface area contributed by atoms with Crippen LogP contribution < -0.4 is 5.73 Å². The lowest BCUT2D eigenvalue weighted by Crippen LogP contribution is -2.30. The SMILES string of the molecule is Cc1cc(C)c(C2=CC(N)CC(C)(C)C2)cc1C. The zero-order valence-corrected chi connectivity index (χ0v) is 12.3. The number of allylic oxidation sites excluding steroid dienone is 1. The predicted molar refractivity (Wildman–Crippen MR) is 79.6 cm³/mol. The molecule has 0 bridgehead atoms. The summed E-state index contributed by atoms with van der Waals surface area (Å²) in [5, 5.41) is 0. The molecule has 0 saturated heterocycles. The fourth-order valence-electron chi connectivity index (χ4n) is 3.09. The molecule has 0 amide bonds. The first-order chi connectivity index (χ1) is 8.28. The molecule has 1 nitrogen and oxygen atoms in total. The molecule has 18 heavy (non-hydrogen) atoms. The molecule has 98 valence electrons. The van der Waals surface area contributed by atoms with Crippen LogP contribution in [0.5, 0.6) is 0 Å². The summed E-state index contributed by atoms with van der Waals surface area (Å²) in [4.78, 5) is 0. The first-order valence-electron chi connectivity index (χ1n) is 6.83. The molecule has 0 heterocycles. The van der Waals surface area contributed by atoms with E-state index in [4.69, 9.17) is 5.73 Å². The summed E-state index contributed by atoms with van der Waals surface area (Å²) in [5.74, 6) is 0. The van der Waals surface area contributed by atoms with Crippen LogP contribution in [0.25, 0.3) is 5.57 Å². The topological polar surface area (TPSA) is 26.0 Å². The second kappa shape index (κ2) is 4.55. The Balaban J connectivity index is 2.46. The summed E-state index contributed by atoms with van der Waals surface area (Å²) in [7, 11) is 0. The van der Waals surface area contributed by atoms with Crippen molar-refractivity contribution >= 4 is 5.57 Å². The molecule has 0 aliphatic heterocycles. The van der Waals surface area contributed by atoms with Crippen molar-refractivity contribution in [3.05, 3.63) is 40.5 Å². The van der Waals surface area contributed by atoms with Crippen molar-refractivity contribution in [3.63, 3.8) is 0 Å². The fourth-order valence-corrected chi connectivity index (χ4v) is 3.09. The highest BCUT2D eigenvalue weighted by Crippen LogP contribution is 2.40. The Morgan fingerprint density at radius 1 is 1.06 bits per heavy atom. The lowest BCUT2D eigenvalue weighted by Gasteiger charge is -2.34. The zero-order valence-electron chi connectivity index (χ0n) is 12.3. The molecule has 0 aromatic heterocycles. The van der Waals surface area contributed by atoms with Crippen molar-refractivity contribution in [3.8, 4) is 0 Å². The van der Waals surface area contributed by atoms with Crippen LogP contribution in [-0.4, -0.2) is 6.04 Å². The normalized spacial score (nSPS) is 22.8. The van der Waals surface area contributed by atoms with Crippen LogP contribution >= 0.6 is 0 Å². The van der Waals surface area contributed by atoms with Crippen LogP contribution in [0.3, 0.4) is 0 Å². The van der Waals surface area contributed by atoms with Gasteiger partial charge < -0.3 is 5.73 Å². The molecule has 0 fully saturated rings. The van der Waals surface area contributed by atoms with E-state index in [2.05, 4.69) is 52.8 Å². The van der Waals surface area contributed by atoms with Crippen LogP contribution in [0.4, 0.5) is 0 Å². The van der Waals surface area contributed by atoms with Gasteiger partial charge in [0, 0.05) is 6.04 Å². The summed E-state index contributed by atoms with van der Waals surface area (Å²) in [6.45, 7) is 11.2. The van der Waals surface area contributed by atoms with E-state index in [9.17, 15) is 0 Å². The van der Waals surface area contributed by atoms with E-state index >= 15 is 0 Å². The Kier molecular flexibility index (Phi) is 3.37. The third-order valence-corrected chi connectivity index (χ3v) is 4.06. The van der Waals surface area contributed by atoms with Crippen molar-refractivity contribution in [1.29, 1.82) is 0 Å². The Morgan fingerprint density at radius 3 is 2.28 bits per heavy atom. The summed E-state index contributed by atoms with van der Waals surface area (Å²) in [6.07, 6.45) is 4.48. The van der Waals surface area contributed by atoms with Gasteiger partial charge in [-0.05, 0) is 66.9 Å². The van der Waals surface area contributed by atoms with Gasteiger partial charge in [0.25, 0.3) is 0 Å². The molecule has 1 unspecified atom stereocenters. The first kappa shape index (κ1) is 13.4. The van der Waals surface area contributed by atoms with E-state index in [0.29, 0.717) is 5.41 Å². The molecular formula is C17H25N. The number of nitrogens with two attached hydrogens (primary N) is 1. The van der Waals surface area contributed by atoms with E-state index in [1.807, 2.05) is 0 Å². The van der Waals surface area contributed by atoms with Gasteiger partial charge in [-0.15, -0.1) is 0 Å². The van der Waals surface area contributed by atoms with E-state index in [1.165, 1.54) is 27.8 Å². The second-order valence-electron chi connectivity index (χ2n) is 6.65. The molecule has 0 spiro atoms. The highest BCUT2D eigenvalue weighted by molar-refractivity contribution is 5.71. The van der Waals surface area contributed by atoms with Crippen LogP contribution in [0.1, 0.15) is 48.9 Å². The van der Waals surface area contributed by atoms with E-state index in [0.717, 1.165) is 12.8 Å². The smallest absolute Gasteiger partial charge is 0.0234 e. The highest BCUT2D eigenvalue weighted by atomic mass is 14.6. The maximum Gasteiger partial charge on any atom is 0.0234 e. The molecule has 1 heteroatoms. The van der Waals surface area contributed by atoms with Gasteiger partial charge in [0.1, 0.15) is 0 Å². The van der Waals surface area contributed by atoms with Gasteiger partial charge in [-0.2, -0.15) is 0 Å². The van der Waals surface area contributed by atoms with Gasteiger partial charge >= 0.3 is 0 Å². The molecule has 1 atom stereocenters. The van der Waals surface area contributed by atoms with Crippen LogP contribution in [0, 0.1) is 26.2 Å². The van der Waals surface area contributed by atoms with Gasteiger partial charge in [-0.3, -0.25) is 0 Å². The quantitative estimate of drug-likeness (QED) is 0.788. The lowest BCUT2D eigenvalue weighted by atomic mass is 9.73. The van der Waals surface area contributed by atoms with Crippen molar-refractivity contribution < 1.29 is 0 Å². The minimum absolute atomic E-state index is 0.199. The Morgan fingerprint density at radius 2 is 1.67 bits per heavy atom. The molecule has 1 aromatic carbocycles. The molecule has 1 aliphatic carbocycles. The Labute approximate surface area is 111 Å². The molecule has 1 aromatic rings. The van der Waals surface area contributed by atoms with E-state index in [-0.39, 0.29) is 6.04 Å². The maximum absolute atomic E-state index is 6.18. The summed E-state index contributed by atoms with van der Waals surface area (Å²) in [5.41, 5.74) is 13.4. The molecular weight excluding hydrogens is 218 g/mol. The number of rotatable bonds is 1. The third-order valence-electron chi connectivity index (χ3n) is 4.06. The Bertz CT molecular complexity index is 495. The van der Waals surface area contributed by atoms with E-state index in [1.54, 1.807) is 0 Å². The lowest BCUT2D eigenvalue weighted by molar-refractivity contribution is 0.318. The van der Waals surface area contributed by atoms with Crippen LogP contribution in [0.15, 0.2) is 18.2 Å². The minimum atomic E-state index is 0.199. The fraction of sp³-hybridized carbons (Fsp3) is 0.529. The molecule has 2 N–H and O–H groups in total. The molecule has 0 saturated carbocycles. The van der Waals surface area contributed by atoms with Crippen molar-refractivity contribution in [2.45, 2.75) is 53.5 Å². The number of aryl methyl sites for hydroxylation is 3. The van der Waals surface area contributed by atoms with Crippen molar-refractivity contribution in [1.82, 2.24) is 0 Å². The summed E-state index contributed by atoms with van der Waals surface area (Å²) in [6, 6.07) is 4.81. The van der Waals surface area contributed by atoms with Gasteiger partial charge in [-0.25, -0.2) is 0 Å². The highest BCUT2D eigenvalue weighted by Gasteiger charge is 2.28. The number of hydrogen-bond donors (Lipinski definition) is 1. The predicted octanol–water partition coefficient (Wildman–Crippen LogP) is 4.14. The minimum Gasteiger partial charge on any atom is -0.324 e. The Hall–Kier alpha value is -1.08. The summed E-state index contributed by atoms with van der Waals surface area (Å²) >= 11 is 0. The monoisotopic (exact) mass is 243 g/mol. The van der Waals surface area contributed by atoms with Crippen molar-refractivity contribution in [2.75, 3.05) is 0 Å². The standard InChI is InChI=1S/C17H25N/c1-11-6-13(3)16(7-12(11)2)14-8-15(18)10-17(4,5)9-14/h6-8,15H,9-10,18H2,1-5H3. The molecule has 2 rings (SSSR count). The van der Waals surface area contributed by atoms with Crippen molar-refractivity contribution in [2.24, 2.45) is 11.1 Å². The number of hydrogen-bond acceptors (Lipinski definition) is 1. The third kappa shape index (κ3) is 2.67. The maximum atomic E-state index is 6.18. The van der Waals surface area contributed by atoms with Crippen LogP contribution in [0.2, 0.25) is 0 Å². The summed E-state index contributed by atoms with van der Waals surface area (Å²) < 4.78 is 0. The van der Waals surface area contributed by atoms with Gasteiger partial charge in [0.15, 0.2) is 0 Å². The van der Waals surface area contributed by atoms with E-state index < -0.39 is 0 Å². The van der Waals surface area contributed by atoms with Gasteiger partial charge in [0.05, 0.1) is 0 Å². The number of benzene rings is 1. The largest absolute Gasteiger partial charge is 0.324 e. The van der Waals surface area contributed by atoms with Gasteiger partial charge in [-0.1, -0.05) is 32.1 Å². The first-order valence-corrected chi connectivity index (χ1v) is 6.83. The molecule has 0 radical (unpaired) electrons. The van der Waals surface area contributed by atoms with Crippen LogP contribution in [-0.2, 0) is 0 Å².